The molecule has 4 heteroatoms. The van der Waals surface area contributed by atoms with Crippen molar-refractivity contribution in [2.24, 2.45) is 5.92 Å². The van der Waals surface area contributed by atoms with Gasteiger partial charge in [-0.2, -0.15) is 0 Å². The van der Waals surface area contributed by atoms with Crippen LogP contribution in [0.25, 0.3) is 0 Å². The predicted octanol–water partition coefficient (Wildman–Crippen LogP) is 3.93. The van der Waals surface area contributed by atoms with Crippen molar-refractivity contribution in [3.05, 3.63) is 59.7 Å². The first-order valence-electron chi connectivity index (χ1n) is 8.79. The molecule has 2 aromatic rings. The number of ether oxygens (including phenoxy) is 2. The molecule has 3 rings (SSSR count). The molecule has 1 amide bonds. The summed E-state index contributed by atoms with van der Waals surface area (Å²) in [5.74, 6) is 2.09. The lowest BCUT2D eigenvalue weighted by Gasteiger charge is -2.32. The van der Waals surface area contributed by atoms with Gasteiger partial charge in [0.05, 0.1) is 19.3 Å². The summed E-state index contributed by atoms with van der Waals surface area (Å²) >= 11 is 0. The van der Waals surface area contributed by atoms with Crippen LogP contribution in [-0.4, -0.2) is 37.6 Å². The van der Waals surface area contributed by atoms with E-state index in [1.54, 1.807) is 7.11 Å². The molecule has 1 fully saturated rings. The van der Waals surface area contributed by atoms with Crippen molar-refractivity contribution in [2.45, 2.75) is 19.8 Å². The van der Waals surface area contributed by atoms with E-state index in [1.807, 2.05) is 41.3 Å². The topological polar surface area (TPSA) is 38.8 Å². The monoisotopic (exact) mass is 339 g/mol. The Hall–Kier alpha value is -2.49. The molecule has 1 heterocycles. The standard InChI is InChI=1S/C21H25NO3/c1-16-7-9-18(10-8-16)25-15-17-11-13-22(14-12-17)21(23)19-5-3-4-6-20(19)24-2/h3-10,17H,11-15H2,1-2H3. The zero-order valence-electron chi connectivity index (χ0n) is 14.9. The van der Waals surface area contributed by atoms with Gasteiger partial charge in [-0.3, -0.25) is 4.79 Å². The van der Waals surface area contributed by atoms with Crippen LogP contribution in [0.1, 0.15) is 28.8 Å². The number of hydrogen-bond acceptors (Lipinski definition) is 3. The summed E-state index contributed by atoms with van der Waals surface area (Å²) in [4.78, 5) is 14.6. The van der Waals surface area contributed by atoms with Crippen molar-refractivity contribution in [3.8, 4) is 11.5 Å². The predicted molar refractivity (Wildman–Crippen MR) is 98.3 cm³/mol. The van der Waals surface area contributed by atoms with Crippen molar-refractivity contribution in [3.63, 3.8) is 0 Å². The van der Waals surface area contributed by atoms with Gasteiger partial charge in [0.2, 0.25) is 0 Å². The van der Waals surface area contributed by atoms with Crippen LogP contribution in [0.4, 0.5) is 0 Å². The second-order valence-corrected chi connectivity index (χ2v) is 6.56. The number of rotatable bonds is 5. The largest absolute Gasteiger partial charge is 0.496 e. The van der Waals surface area contributed by atoms with Crippen molar-refractivity contribution in [1.82, 2.24) is 4.90 Å². The Labute approximate surface area is 149 Å². The number of para-hydroxylation sites is 1. The molecule has 0 saturated carbocycles. The van der Waals surface area contributed by atoms with Crippen molar-refractivity contribution in [1.29, 1.82) is 0 Å². The second-order valence-electron chi connectivity index (χ2n) is 6.56. The molecule has 0 radical (unpaired) electrons. The van der Waals surface area contributed by atoms with E-state index in [0.717, 1.165) is 31.7 Å². The molecule has 0 atom stereocenters. The first-order chi connectivity index (χ1) is 12.2. The number of methoxy groups -OCH3 is 1. The van der Waals surface area contributed by atoms with Crippen LogP contribution in [0.15, 0.2) is 48.5 Å². The van der Waals surface area contributed by atoms with Crippen molar-refractivity contribution < 1.29 is 14.3 Å². The highest BCUT2D eigenvalue weighted by molar-refractivity contribution is 5.97. The van der Waals surface area contributed by atoms with Gasteiger partial charge in [-0.05, 0) is 49.9 Å². The molecular formula is C21H25NO3. The number of amides is 1. The summed E-state index contributed by atoms with van der Waals surface area (Å²) in [6.07, 6.45) is 1.93. The summed E-state index contributed by atoms with van der Waals surface area (Å²) in [7, 11) is 1.60. The van der Waals surface area contributed by atoms with Crippen LogP contribution in [0.3, 0.4) is 0 Å². The Morgan fingerprint density at radius 2 is 1.76 bits per heavy atom. The van der Waals surface area contributed by atoms with E-state index in [1.165, 1.54) is 5.56 Å². The molecule has 0 unspecified atom stereocenters. The maximum absolute atomic E-state index is 12.7. The van der Waals surface area contributed by atoms with Crippen LogP contribution in [-0.2, 0) is 0 Å². The third-order valence-electron chi connectivity index (χ3n) is 4.75. The summed E-state index contributed by atoms with van der Waals surface area (Å²) in [6.45, 7) is 4.30. The number of likely N-dealkylation sites (tertiary alicyclic amines) is 1. The number of aryl methyl sites for hydroxylation is 1. The highest BCUT2D eigenvalue weighted by Gasteiger charge is 2.25. The molecule has 0 bridgehead atoms. The number of piperidine rings is 1. The molecule has 132 valence electrons. The lowest BCUT2D eigenvalue weighted by molar-refractivity contribution is 0.0658. The number of carbonyl (C=O) groups is 1. The second kappa shape index (κ2) is 8.06. The highest BCUT2D eigenvalue weighted by atomic mass is 16.5. The average Bonchev–Trinajstić information content (AvgIpc) is 2.67. The van der Waals surface area contributed by atoms with Crippen LogP contribution in [0.2, 0.25) is 0 Å². The number of carbonyl (C=O) groups excluding carboxylic acids is 1. The van der Waals surface area contributed by atoms with Gasteiger partial charge in [-0.1, -0.05) is 29.8 Å². The fourth-order valence-electron chi connectivity index (χ4n) is 3.14. The van der Waals surface area contributed by atoms with Gasteiger partial charge in [-0.15, -0.1) is 0 Å². The smallest absolute Gasteiger partial charge is 0.257 e. The number of benzene rings is 2. The van der Waals surface area contributed by atoms with Gasteiger partial charge < -0.3 is 14.4 Å². The van der Waals surface area contributed by atoms with Gasteiger partial charge >= 0.3 is 0 Å². The molecular weight excluding hydrogens is 314 g/mol. The van der Waals surface area contributed by atoms with E-state index in [2.05, 4.69) is 19.1 Å². The Morgan fingerprint density at radius 3 is 2.44 bits per heavy atom. The molecule has 0 aliphatic carbocycles. The molecule has 4 nitrogen and oxygen atoms in total. The van der Waals surface area contributed by atoms with Crippen LogP contribution in [0.5, 0.6) is 11.5 Å². The minimum absolute atomic E-state index is 0.0513. The Bertz CT molecular complexity index is 703. The molecule has 0 N–H and O–H groups in total. The Kier molecular flexibility index (Phi) is 5.59. The first kappa shape index (κ1) is 17.3. The number of hydrogen-bond donors (Lipinski definition) is 0. The molecule has 0 spiro atoms. The average molecular weight is 339 g/mol. The first-order valence-corrected chi connectivity index (χ1v) is 8.79. The minimum atomic E-state index is 0.0513. The number of nitrogens with zero attached hydrogens (tertiary/aromatic N) is 1. The zero-order chi connectivity index (χ0) is 17.6. The van der Waals surface area contributed by atoms with Gasteiger partial charge in [0, 0.05) is 13.1 Å². The Morgan fingerprint density at radius 1 is 1.08 bits per heavy atom. The molecule has 2 aromatic carbocycles. The van der Waals surface area contributed by atoms with E-state index in [-0.39, 0.29) is 5.91 Å². The van der Waals surface area contributed by atoms with Crippen LogP contribution >= 0.6 is 0 Å². The minimum Gasteiger partial charge on any atom is -0.496 e. The third kappa shape index (κ3) is 4.32. The fraction of sp³-hybridized carbons (Fsp3) is 0.381. The lowest BCUT2D eigenvalue weighted by atomic mass is 9.97. The lowest BCUT2D eigenvalue weighted by Crippen LogP contribution is -2.39. The SMILES string of the molecule is COc1ccccc1C(=O)N1CCC(COc2ccc(C)cc2)CC1. The third-order valence-corrected chi connectivity index (χ3v) is 4.75. The maximum Gasteiger partial charge on any atom is 0.257 e. The van der Waals surface area contributed by atoms with E-state index >= 15 is 0 Å². The van der Waals surface area contributed by atoms with Gasteiger partial charge in [0.25, 0.3) is 5.91 Å². The quantitative estimate of drug-likeness (QED) is 0.828. The molecule has 1 aliphatic rings. The summed E-state index contributed by atoms with van der Waals surface area (Å²) in [6, 6.07) is 15.5. The maximum atomic E-state index is 12.7. The van der Waals surface area contributed by atoms with Gasteiger partial charge in [0.1, 0.15) is 11.5 Å². The zero-order valence-corrected chi connectivity index (χ0v) is 14.9. The van der Waals surface area contributed by atoms with Crippen molar-refractivity contribution >= 4 is 5.91 Å². The summed E-state index contributed by atoms with van der Waals surface area (Å²) in [5.41, 5.74) is 1.87. The molecule has 0 aromatic heterocycles. The van der Waals surface area contributed by atoms with Crippen molar-refractivity contribution in [2.75, 3.05) is 26.8 Å². The molecule has 1 aliphatic heterocycles. The van der Waals surface area contributed by atoms with Crippen LogP contribution in [0, 0.1) is 12.8 Å². The van der Waals surface area contributed by atoms with E-state index in [4.69, 9.17) is 9.47 Å². The fourth-order valence-corrected chi connectivity index (χ4v) is 3.14. The molecule has 25 heavy (non-hydrogen) atoms. The normalized spacial score (nSPS) is 15.0. The highest BCUT2D eigenvalue weighted by Crippen LogP contribution is 2.24. The van der Waals surface area contributed by atoms with E-state index < -0.39 is 0 Å². The van der Waals surface area contributed by atoms with Gasteiger partial charge in [-0.25, -0.2) is 0 Å². The summed E-state index contributed by atoms with van der Waals surface area (Å²) in [5, 5.41) is 0. The summed E-state index contributed by atoms with van der Waals surface area (Å²) < 4.78 is 11.2. The Balaban J connectivity index is 1.51. The van der Waals surface area contributed by atoms with Gasteiger partial charge in [0.15, 0.2) is 0 Å². The molecule has 1 saturated heterocycles. The van der Waals surface area contributed by atoms with E-state index in [9.17, 15) is 4.79 Å². The van der Waals surface area contributed by atoms with Crippen LogP contribution < -0.4 is 9.47 Å². The van der Waals surface area contributed by atoms with E-state index in [0.29, 0.717) is 23.8 Å².